The van der Waals surface area contributed by atoms with Crippen LogP contribution in [0.15, 0.2) is 54.7 Å². The third-order valence-corrected chi connectivity index (χ3v) is 4.36. The van der Waals surface area contributed by atoms with Gasteiger partial charge in [0.1, 0.15) is 5.75 Å². The predicted molar refractivity (Wildman–Crippen MR) is 102 cm³/mol. The SMILES string of the molecule is COc1ccc(NC(=O)c2ccc3[nH]c(-c4ccn[nH]4)cc3c2)c(C)c1. The van der Waals surface area contributed by atoms with Crippen molar-refractivity contribution in [2.75, 3.05) is 12.4 Å². The van der Waals surface area contributed by atoms with Crippen LogP contribution >= 0.6 is 0 Å². The van der Waals surface area contributed by atoms with Crippen molar-refractivity contribution in [2.24, 2.45) is 0 Å². The van der Waals surface area contributed by atoms with Crippen LogP contribution in [0, 0.1) is 6.92 Å². The monoisotopic (exact) mass is 346 g/mol. The van der Waals surface area contributed by atoms with Gasteiger partial charge >= 0.3 is 0 Å². The van der Waals surface area contributed by atoms with Gasteiger partial charge < -0.3 is 15.0 Å². The van der Waals surface area contributed by atoms with Gasteiger partial charge in [0.05, 0.1) is 18.5 Å². The number of carbonyl (C=O) groups excluding carboxylic acids is 1. The lowest BCUT2D eigenvalue weighted by atomic mass is 10.1. The summed E-state index contributed by atoms with van der Waals surface area (Å²) in [5.41, 5.74) is 5.11. The van der Waals surface area contributed by atoms with Crippen LogP contribution in [0.25, 0.3) is 22.3 Å². The first-order valence-corrected chi connectivity index (χ1v) is 8.22. The van der Waals surface area contributed by atoms with E-state index in [0.29, 0.717) is 5.56 Å². The first kappa shape index (κ1) is 16.0. The van der Waals surface area contributed by atoms with Crippen LogP contribution in [0.1, 0.15) is 15.9 Å². The van der Waals surface area contributed by atoms with Crippen LogP contribution in [0.5, 0.6) is 5.75 Å². The van der Waals surface area contributed by atoms with E-state index in [-0.39, 0.29) is 5.91 Å². The van der Waals surface area contributed by atoms with E-state index in [1.807, 2.05) is 55.5 Å². The standard InChI is InChI=1S/C20H18N4O2/c1-12-9-15(26-2)4-6-16(12)23-20(25)13-3-5-17-14(10-13)11-19(22-17)18-7-8-21-24-18/h3-11,22H,1-2H3,(H,21,24)(H,23,25). The molecular weight excluding hydrogens is 328 g/mol. The van der Waals surface area contributed by atoms with Crippen molar-refractivity contribution in [1.82, 2.24) is 15.2 Å². The number of methoxy groups -OCH3 is 1. The van der Waals surface area contributed by atoms with Crippen LogP contribution in [-0.4, -0.2) is 28.2 Å². The Morgan fingerprint density at radius 2 is 1.96 bits per heavy atom. The first-order valence-electron chi connectivity index (χ1n) is 8.22. The number of hydrogen-bond donors (Lipinski definition) is 3. The Morgan fingerprint density at radius 3 is 2.69 bits per heavy atom. The van der Waals surface area contributed by atoms with Gasteiger partial charge in [0, 0.05) is 28.4 Å². The smallest absolute Gasteiger partial charge is 0.255 e. The summed E-state index contributed by atoms with van der Waals surface area (Å²) in [5.74, 6) is 0.616. The molecule has 2 aromatic carbocycles. The highest BCUT2D eigenvalue weighted by Gasteiger charge is 2.11. The molecule has 3 N–H and O–H groups in total. The molecule has 1 amide bonds. The molecule has 0 aliphatic carbocycles. The Labute approximate surface area is 150 Å². The first-order chi connectivity index (χ1) is 12.6. The Balaban J connectivity index is 1.61. The minimum Gasteiger partial charge on any atom is -0.497 e. The molecule has 4 rings (SSSR count). The summed E-state index contributed by atoms with van der Waals surface area (Å²) in [7, 11) is 1.62. The van der Waals surface area contributed by atoms with Gasteiger partial charge in [-0.1, -0.05) is 0 Å². The summed E-state index contributed by atoms with van der Waals surface area (Å²) < 4.78 is 5.20. The van der Waals surface area contributed by atoms with Crippen molar-refractivity contribution in [2.45, 2.75) is 6.92 Å². The summed E-state index contributed by atoms with van der Waals surface area (Å²) in [6, 6.07) is 15.0. The Kier molecular flexibility index (Phi) is 3.93. The second kappa shape index (κ2) is 6.40. The molecule has 0 bridgehead atoms. The maximum absolute atomic E-state index is 12.6. The maximum Gasteiger partial charge on any atom is 0.255 e. The van der Waals surface area contributed by atoms with E-state index in [2.05, 4.69) is 20.5 Å². The van der Waals surface area contributed by atoms with Gasteiger partial charge in [-0.05, 0) is 61.0 Å². The van der Waals surface area contributed by atoms with Crippen LogP contribution in [0.4, 0.5) is 5.69 Å². The van der Waals surface area contributed by atoms with E-state index in [0.717, 1.165) is 39.3 Å². The fraction of sp³-hybridized carbons (Fsp3) is 0.100. The summed E-state index contributed by atoms with van der Waals surface area (Å²) in [4.78, 5) is 15.9. The van der Waals surface area contributed by atoms with E-state index in [9.17, 15) is 4.79 Å². The van der Waals surface area contributed by atoms with Gasteiger partial charge in [0.15, 0.2) is 0 Å². The summed E-state index contributed by atoms with van der Waals surface area (Å²) in [6.07, 6.45) is 1.71. The fourth-order valence-electron chi connectivity index (χ4n) is 2.92. The van der Waals surface area contributed by atoms with E-state index >= 15 is 0 Å². The van der Waals surface area contributed by atoms with E-state index in [1.165, 1.54) is 0 Å². The van der Waals surface area contributed by atoms with Crippen molar-refractivity contribution in [3.05, 3.63) is 65.9 Å². The second-order valence-corrected chi connectivity index (χ2v) is 6.09. The van der Waals surface area contributed by atoms with Gasteiger partial charge in [-0.3, -0.25) is 9.89 Å². The molecule has 2 heterocycles. The molecular formula is C20H18N4O2. The van der Waals surface area contributed by atoms with Gasteiger partial charge in [-0.2, -0.15) is 5.10 Å². The molecule has 6 nitrogen and oxygen atoms in total. The number of hydrogen-bond acceptors (Lipinski definition) is 3. The quantitative estimate of drug-likeness (QED) is 0.520. The third-order valence-electron chi connectivity index (χ3n) is 4.36. The summed E-state index contributed by atoms with van der Waals surface area (Å²) >= 11 is 0. The second-order valence-electron chi connectivity index (χ2n) is 6.09. The highest BCUT2D eigenvalue weighted by Crippen LogP contribution is 2.25. The summed E-state index contributed by atoms with van der Waals surface area (Å²) in [5, 5.41) is 10.8. The molecule has 0 atom stereocenters. The summed E-state index contributed by atoms with van der Waals surface area (Å²) in [6.45, 7) is 1.93. The molecule has 4 aromatic rings. The predicted octanol–water partition coefficient (Wildman–Crippen LogP) is 4.13. The number of benzene rings is 2. The number of H-pyrrole nitrogens is 2. The largest absolute Gasteiger partial charge is 0.497 e. The third kappa shape index (κ3) is 2.93. The number of aromatic amines is 2. The van der Waals surface area contributed by atoms with Crippen molar-refractivity contribution in [3.63, 3.8) is 0 Å². The number of rotatable bonds is 4. The van der Waals surface area contributed by atoms with Crippen LogP contribution < -0.4 is 10.1 Å². The van der Waals surface area contributed by atoms with Gasteiger partial charge in [-0.25, -0.2) is 0 Å². The number of fused-ring (bicyclic) bond motifs is 1. The molecule has 0 spiro atoms. The lowest BCUT2D eigenvalue weighted by molar-refractivity contribution is 0.102. The van der Waals surface area contributed by atoms with Gasteiger partial charge in [0.2, 0.25) is 0 Å². The van der Waals surface area contributed by atoms with Gasteiger partial charge in [-0.15, -0.1) is 0 Å². The average molecular weight is 346 g/mol. The number of aryl methyl sites for hydroxylation is 1. The van der Waals surface area contributed by atoms with Crippen molar-refractivity contribution < 1.29 is 9.53 Å². The molecule has 0 radical (unpaired) electrons. The number of anilines is 1. The van der Waals surface area contributed by atoms with E-state index in [1.54, 1.807) is 13.3 Å². The molecule has 0 fully saturated rings. The van der Waals surface area contributed by atoms with Crippen molar-refractivity contribution in [1.29, 1.82) is 0 Å². The molecule has 0 saturated carbocycles. The number of nitrogens with one attached hydrogen (secondary N) is 3. The number of ether oxygens (including phenoxy) is 1. The van der Waals surface area contributed by atoms with Crippen LogP contribution in [-0.2, 0) is 0 Å². The minimum absolute atomic E-state index is 0.149. The highest BCUT2D eigenvalue weighted by atomic mass is 16.5. The topological polar surface area (TPSA) is 82.8 Å². The Morgan fingerprint density at radius 1 is 1.08 bits per heavy atom. The van der Waals surface area contributed by atoms with E-state index in [4.69, 9.17) is 4.74 Å². The molecule has 6 heteroatoms. The van der Waals surface area contributed by atoms with Crippen LogP contribution in [0.3, 0.4) is 0 Å². The molecule has 130 valence electrons. The zero-order chi connectivity index (χ0) is 18.1. The maximum atomic E-state index is 12.6. The van der Waals surface area contributed by atoms with E-state index < -0.39 is 0 Å². The molecule has 0 unspecified atom stereocenters. The number of amides is 1. The van der Waals surface area contributed by atoms with Crippen molar-refractivity contribution >= 4 is 22.5 Å². The minimum atomic E-state index is -0.149. The fourth-order valence-corrected chi connectivity index (χ4v) is 2.92. The Bertz CT molecular complexity index is 1080. The number of carbonyl (C=O) groups is 1. The lowest BCUT2D eigenvalue weighted by Gasteiger charge is -2.10. The molecule has 0 aliphatic heterocycles. The zero-order valence-corrected chi connectivity index (χ0v) is 14.5. The average Bonchev–Trinajstić information content (AvgIpc) is 3.31. The molecule has 26 heavy (non-hydrogen) atoms. The van der Waals surface area contributed by atoms with Gasteiger partial charge in [0.25, 0.3) is 5.91 Å². The number of aromatic nitrogens is 3. The molecule has 0 aliphatic rings. The Hall–Kier alpha value is -3.54. The lowest BCUT2D eigenvalue weighted by Crippen LogP contribution is -2.12. The molecule has 0 saturated heterocycles. The zero-order valence-electron chi connectivity index (χ0n) is 14.5. The van der Waals surface area contributed by atoms with Crippen molar-refractivity contribution in [3.8, 4) is 17.1 Å². The normalized spacial score (nSPS) is 10.8. The number of nitrogens with zero attached hydrogens (tertiary/aromatic N) is 1. The highest BCUT2D eigenvalue weighted by molar-refractivity contribution is 6.06. The van der Waals surface area contributed by atoms with Crippen LogP contribution in [0.2, 0.25) is 0 Å². The molecule has 2 aromatic heterocycles.